The van der Waals surface area contributed by atoms with Crippen LogP contribution in [-0.2, 0) is 0 Å². The van der Waals surface area contributed by atoms with Gasteiger partial charge in [-0.1, -0.05) is 6.92 Å². The number of piperidine rings is 1. The first-order valence-electron chi connectivity index (χ1n) is 6.90. The zero-order chi connectivity index (χ0) is 12.7. The van der Waals surface area contributed by atoms with Crippen LogP contribution in [0.4, 0.5) is 4.79 Å². The zero-order valence-corrected chi connectivity index (χ0v) is 11.5. The number of carbonyl (C=O) groups is 1. The van der Waals surface area contributed by atoms with Crippen LogP contribution in [0.1, 0.15) is 40.0 Å². The zero-order valence-electron chi connectivity index (χ0n) is 11.5. The van der Waals surface area contributed by atoms with E-state index in [2.05, 4.69) is 31.4 Å². The Morgan fingerprint density at radius 1 is 1.41 bits per heavy atom. The van der Waals surface area contributed by atoms with E-state index in [0.29, 0.717) is 5.92 Å². The molecule has 0 aliphatic carbocycles. The molecule has 1 fully saturated rings. The van der Waals surface area contributed by atoms with Crippen LogP contribution < -0.4 is 10.6 Å². The lowest BCUT2D eigenvalue weighted by atomic mass is 9.97. The summed E-state index contributed by atoms with van der Waals surface area (Å²) in [6.07, 6.45) is 3.36. The molecule has 2 N–H and O–H groups in total. The van der Waals surface area contributed by atoms with Gasteiger partial charge in [-0.2, -0.15) is 0 Å². The molecule has 0 bridgehead atoms. The minimum Gasteiger partial charge on any atom is -0.338 e. The Labute approximate surface area is 105 Å². The van der Waals surface area contributed by atoms with Gasteiger partial charge in [-0.25, -0.2) is 4.79 Å². The second kappa shape index (κ2) is 7.54. The Kier molecular flexibility index (Phi) is 6.34. The Morgan fingerprint density at radius 2 is 2.06 bits per heavy atom. The highest BCUT2D eigenvalue weighted by Gasteiger charge is 2.22. The molecule has 0 aromatic carbocycles. The predicted molar refractivity (Wildman–Crippen MR) is 71.1 cm³/mol. The van der Waals surface area contributed by atoms with Crippen LogP contribution in [0.15, 0.2) is 0 Å². The van der Waals surface area contributed by atoms with E-state index in [1.807, 2.05) is 4.90 Å². The van der Waals surface area contributed by atoms with Gasteiger partial charge < -0.3 is 15.5 Å². The fourth-order valence-corrected chi connectivity index (χ4v) is 2.20. The first kappa shape index (κ1) is 14.3. The molecule has 1 aliphatic heterocycles. The van der Waals surface area contributed by atoms with Gasteiger partial charge in [0.1, 0.15) is 0 Å². The third-order valence-electron chi connectivity index (χ3n) is 3.32. The molecule has 1 aliphatic rings. The van der Waals surface area contributed by atoms with Gasteiger partial charge in [0.15, 0.2) is 0 Å². The summed E-state index contributed by atoms with van der Waals surface area (Å²) in [5.74, 6) is 0.658. The van der Waals surface area contributed by atoms with E-state index in [0.717, 1.165) is 32.6 Å². The largest absolute Gasteiger partial charge is 0.338 e. The fourth-order valence-electron chi connectivity index (χ4n) is 2.20. The Bertz CT molecular complexity index is 225. The molecule has 17 heavy (non-hydrogen) atoms. The van der Waals surface area contributed by atoms with Crippen LogP contribution in [0, 0.1) is 5.92 Å². The topological polar surface area (TPSA) is 44.4 Å². The number of carbonyl (C=O) groups excluding carboxylic acids is 1. The van der Waals surface area contributed by atoms with Crippen molar-refractivity contribution in [3.05, 3.63) is 0 Å². The van der Waals surface area contributed by atoms with E-state index >= 15 is 0 Å². The van der Waals surface area contributed by atoms with Gasteiger partial charge in [-0.05, 0) is 52.1 Å². The molecule has 4 nitrogen and oxygen atoms in total. The normalized spacial score (nSPS) is 17.2. The molecule has 0 aromatic heterocycles. The fraction of sp³-hybridized carbons (Fsp3) is 0.923. The van der Waals surface area contributed by atoms with Crippen molar-refractivity contribution in [3.8, 4) is 0 Å². The summed E-state index contributed by atoms with van der Waals surface area (Å²) in [6.45, 7) is 10.1. The van der Waals surface area contributed by atoms with Crippen molar-refractivity contribution >= 4 is 6.03 Å². The van der Waals surface area contributed by atoms with Gasteiger partial charge in [0.25, 0.3) is 0 Å². The average Bonchev–Trinajstić information content (AvgIpc) is 2.34. The van der Waals surface area contributed by atoms with Crippen molar-refractivity contribution < 1.29 is 4.79 Å². The van der Waals surface area contributed by atoms with Gasteiger partial charge in [-0.3, -0.25) is 0 Å². The van der Waals surface area contributed by atoms with E-state index in [4.69, 9.17) is 0 Å². The number of nitrogens with zero attached hydrogens (tertiary/aromatic N) is 1. The Morgan fingerprint density at radius 3 is 2.59 bits per heavy atom. The number of hydrogen-bond donors (Lipinski definition) is 2. The van der Waals surface area contributed by atoms with Gasteiger partial charge in [0.2, 0.25) is 0 Å². The summed E-state index contributed by atoms with van der Waals surface area (Å²) in [5, 5.41) is 6.34. The standard InChI is InChI=1S/C13H27N3O/c1-4-7-15-13(17)16(11(2)3)10-12-5-8-14-9-6-12/h11-12,14H,4-10H2,1-3H3,(H,15,17). The smallest absolute Gasteiger partial charge is 0.317 e. The lowest BCUT2D eigenvalue weighted by molar-refractivity contribution is 0.163. The molecular formula is C13H27N3O. The average molecular weight is 241 g/mol. The quantitative estimate of drug-likeness (QED) is 0.771. The van der Waals surface area contributed by atoms with Gasteiger partial charge >= 0.3 is 6.03 Å². The van der Waals surface area contributed by atoms with Gasteiger partial charge in [0.05, 0.1) is 0 Å². The van der Waals surface area contributed by atoms with Crippen molar-refractivity contribution in [1.29, 1.82) is 0 Å². The third kappa shape index (κ3) is 4.94. The van der Waals surface area contributed by atoms with E-state index in [-0.39, 0.29) is 12.1 Å². The van der Waals surface area contributed by atoms with Crippen molar-refractivity contribution in [3.63, 3.8) is 0 Å². The highest BCUT2D eigenvalue weighted by atomic mass is 16.2. The minimum absolute atomic E-state index is 0.0976. The molecule has 0 aromatic rings. The van der Waals surface area contributed by atoms with Crippen LogP contribution in [-0.4, -0.2) is 43.2 Å². The van der Waals surface area contributed by atoms with Crippen molar-refractivity contribution in [2.75, 3.05) is 26.2 Å². The van der Waals surface area contributed by atoms with E-state index in [9.17, 15) is 4.79 Å². The first-order chi connectivity index (χ1) is 8.15. The molecule has 1 saturated heterocycles. The van der Waals surface area contributed by atoms with Crippen LogP contribution in [0.2, 0.25) is 0 Å². The maximum Gasteiger partial charge on any atom is 0.317 e. The molecule has 100 valence electrons. The molecule has 2 amide bonds. The SMILES string of the molecule is CCCNC(=O)N(CC1CCNCC1)C(C)C. The predicted octanol–water partition coefficient (Wildman–Crippen LogP) is 1.82. The lowest BCUT2D eigenvalue weighted by Crippen LogP contribution is -2.47. The van der Waals surface area contributed by atoms with Crippen LogP contribution in [0.3, 0.4) is 0 Å². The maximum absolute atomic E-state index is 12.0. The number of nitrogens with one attached hydrogen (secondary N) is 2. The highest BCUT2D eigenvalue weighted by molar-refractivity contribution is 5.74. The molecule has 4 heteroatoms. The van der Waals surface area contributed by atoms with Crippen molar-refractivity contribution in [1.82, 2.24) is 15.5 Å². The number of rotatable bonds is 5. The highest BCUT2D eigenvalue weighted by Crippen LogP contribution is 2.15. The molecule has 1 rings (SSSR count). The van der Waals surface area contributed by atoms with Gasteiger partial charge in [0, 0.05) is 19.1 Å². The molecule has 0 radical (unpaired) electrons. The summed E-state index contributed by atoms with van der Waals surface area (Å²) < 4.78 is 0. The Balaban J connectivity index is 2.43. The van der Waals surface area contributed by atoms with E-state index in [1.165, 1.54) is 12.8 Å². The second-order valence-corrected chi connectivity index (χ2v) is 5.17. The van der Waals surface area contributed by atoms with Crippen molar-refractivity contribution in [2.45, 2.75) is 46.1 Å². The summed E-state index contributed by atoms with van der Waals surface area (Å²) in [6, 6.07) is 0.377. The summed E-state index contributed by atoms with van der Waals surface area (Å²) >= 11 is 0. The van der Waals surface area contributed by atoms with Crippen LogP contribution >= 0.6 is 0 Å². The van der Waals surface area contributed by atoms with Crippen LogP contribution in [0.5, 0.6) is 0 Å². The molecule has 0 saturated carbocycles. The monoisotopic (exact) mass is 241 g/mol. The Hall–Kier alpha value is -0.770. The minimum atomic E-state index is 0.0976. The summed E-state index contributed by atoms with van der Waals surface area (Å²) in [7, 11) is 0. The van der Waals surface area contributed by atoms with E-state index < -0.39 is 0 Å². The number of amides is 2. The van der Waals surface area contributed by atoms with Crippen molar-refractivity contribution in [2.24, 2.45) is 5.92 Å². The number of hydrogen-bond acceptors (Lipinski definition) is 2. The van der Waals surface area contributed by atoms with Gasteiger partial charge in [-0.15, -0.1) is 0 Å². The van der Waals surface area contributed by atoms with Crippen LogP contribution in [0.25, 0.3) is 0 Å². The lowest BCUT2D eigenvalue weighted by Gasteiger charge is -2.32. The molecule has 1 heterocycles. The third-order valence-corrected chi connectivity index (χ3v) is 3.32. The molecule has 0 spiro atoms. The molecule has 0 atom stereocenters. The first-order valence-corrected chi connectivity index (χ1v) is 6.90. The second-order valence-electron chi connectivity index (χ2n) is 5.17. The summed E-state index contributed by atoms with van der Waals surface area (Å²) in [5.41, 5.74) is 0. The number of urea groups is 1. The summed E-state index contributed by atoms with van der Waals surface area (Å²) in [4.78, 5) is 14.0. The van der Waals surface area contributed by atoms with E-state index in [1.54, 1.807) is 0 Å². The maximum atomic E-state index is 12.0. The molecular weight excluding hydrogens is 214 g/mol. The molecule has 0 unspecified atom stereocenters.